The Morgan fingerprint density at radius 1 is 1.12 bits per heavy atom. The van der Waals surface area contributed by atoms with E-state index in [-0.39, 0.29) is 18.2 Å². The van der Waals surface area contributed by atoms with Gasteiger partial charge in [-0.25, -0.2) is 8.42 Å². The zero-order chi connectivity index (χ0) is 24.8. The lowest BCUT2D eigenvalue weighted by Gasteiger charge is -2.39. The second-order valence-corrected chi connectivity index (χ2v) is 9.60. The third-order valence-electron chi connectivity index (χ3n) is 5.38. The van der Waals surface area contributed by atoms with Gasteiger partial charge in [0.1, 0.15) is 12.6 Å². The van der Waals surface area contributed by atoms with E-state index in [4.69, 9.17) is 4.74 Å². The van der Waals surface area contributed by atoms with Crippen molar-refractivity contribution in [3.05, 3.63) is 29.8 Å². The number of nitrogens with zero attached hydrogens (tertiary/aromatic N) is 1. The third kappa shape index (κ3) is 6.46. The number of alkyl halides is 3. The average molecular weight is 493 g/mol. The first-order chi connectivity index (χ1) is 15.4. The molecule has 12 heteroatoms. The van der Waals surface area contributed by atoms with Gasteiger partial charge in [-0.3, -0.25) is 14.4 Å². The molecule has 0 radical (unpaired) electrons. The number of halogens is 3. The summed E-state index contributed by atoms with van der Waals surface area (Å²) in [4.78, 5) is 37.7. The quantitative estimate of drug-likeness (QED) is 0.559. The number of esters is 1. The topological polar surface area (TPSA) is 110 Å². The van der Waals surface area contributed by atoms with Gasteiger partial charge in [0.2, 0.25) is 11.8 Å². The maximum atomic E-state index is 13.1. The Morgan fingerprint density at radius 2 is 1.70 bits per heavy atom. The molecule has 0 aliphatic heterocycles. The van der Waals surface area contributed by atoms with Crippen LogP contribution < -0.4 is 5.32 Å². The summed E-state index contributed by atoms with van der Waals surface area (Å²) < 4.78 is 66.8. The van der Waals surface area contributed by atoms with E-state index in [1.807, 2.05) is 0 Å². The first kappa shape index (κ1) is 26.6. The van der Waals surface area contributed by atoms with Crippen LogP contribution in [0, 0.1) is 0 Å². The molecular weight excluding hydrogens is 465 g/mol. The Labute approximate surface area is 190 Å². The number of carbonyl (C=O) groups excluding carboxylic acids is 3. The molecule has 0 spiro atoms. The summed E-state index contributed by atoms with van der Waals surface area (Å²) in [5.74, 6) is -1.84. The first-order valence-electron chi connectivity index (χ1n) is 10.5. The zero-order valence-corrected chi connectivity index (χ0v) is 19.2. The van der Waals surface area contributed by atoms with Crippen molar-refractivity contribution in [3.63, 3.8) is 0 Å². The lowest BCUT2D eigenvalue weighted by Crippen LogP contribution is -2.49. The highest BCUT2D eigenvalue weighted by Gasteiger charge is 2.47. The van der Waals surface area contributed by atoms with Crippen LogP contribution in [0.25, 0.3) is 0 Å². The second kappa shape index (κ2) is 11.0. The molecule has 0 bridgehead atoms. The molecule has 33 heavy (non-hydrogen) atoms. The molecule has 1 aliphatic carbocycles. The van der Waals surface area contributed by atoms with Crippen LogP contribution in [0.3, 0.4) is 0 Å². The number of sulfone groups is 1. The van der Waals surface area contributed by atoms with E-state index in [2.05, 4.69) is 5.32 Å². The number of benzene rings is 1. The number of hydrogen-bond acceptors (Lipinski definition) is 6. The van der Waals surface area contributed by atoms with Gasteiger partial charge in [0.25, 0.3) is 9.84 Å². The van der Waals surface area contributed by atoms with E-state index in [9.17, 15) is 36.0 Å². The van der Waals surface area contributed by atoms with Gasteiger partial charge >= 0.3 is 11.5 Å². The third-order valence-corrected chi connectivity index (χ3v) is 6.88. The van der Waals surface area contributed by atoms with Gasteiger partial charge in [-0.15, -0.1) is 0 Å². The van der Waals surface area contributed by atoms with Gasteiger partial charge in [-0.2, -0.15) is 13.2 Å². The monoisotopic (exact) mass is 492 g/mol. The molecule has 0 aromatic heterocycles. The van der Waals surface area contributed by atoms with Crippen LogP contribution in [0.2, 0.25) is 0 Å². The zero-order valence-electron chi connectivity index (χ0n) is 18.4. The van der Waals surface area contributed by atoms with Crippen molar-refractivity contribution in [2.24, 2.45) is 0 Å². The number of amides is 2. The fraction of sp³-hybridized carbons (Fsp3) is 0.571. The summed E-state index contributed by atoms with van der Waals surface area (Å²) in [6.07, 6.45) is 3.94. The van der Waals surface area contributed by atoms with Crippen LogP contribution in [0.15, 0.2) is 29.2 Å². The minimum Gasteiger partial charge on any atom is -0.465 e. The molecule has 8 nitrogen and oxygen atoms in total. The predicted molar refractivity (Wildman–Crippen MR) is 111 cm³/mol. The van der Waals surface area contributed by atoms with Gasteiger partial charge in [0.15, 0.2) is 0 Å². The molecule has 2 amide bonds. The molecule has 1 N–H and O–H groups in total. The molecule has 1 atom stereocenters. The van der Waals surface area contributed by atoms with Crippen LogP contribution in [0.1, 0.15) is 57.6 Å². The Hall–Kier alpha value is -2.63. The van der Waals surface area contributed by atoms with Crippen LogP contribution in [-0.2, 0) is 29.0 Å². The maximum absolute atomic E-state index is 13.1. The van der Waals surface area contributed by atoms with Gasteiger partial charge in [0, 0.05) is 13.0 Å². The van der Waals surface area contributed by atoms with Gasteiger partial charge in [-0.1, -0.05) is 31.4 Å². The first-order valence-corrected chi connectivity index (χ1v) is 12.0. The molecule has 1 aliphatic rings. The molecule has 1 fully saturated rings. The minimum atomic E-state index is -5.57. The molecule has 0 heterocycles. The van der Waals surface area contributed by atoms with Crippen molar-refractivity contribution in [1.82, 2.24) is 10.2 Å². The van der Waals surface area contributed by atoms with Crippen LogP contribution >= 0.6 is 0 Å². The van der Waals surface area contributed by atoms with Crippen molar-refractivity contribution < 1.29 is 40.7 Å². The van der Waals surface area contributed by atoms with E-state index in [1.165, 1.54) is 11.8 Å². The summed E-state index contributed by atoms with van der Waals surface area (Å²) >= 11 is 0. The molecule has 0 saturated heterocycles. The van der Waals surface area contributed by atoms with E-state index in [0.29, 0.717) is 12.8 Å². The Kier molecular flexibility index (Phi) is 8.87. The van der Waals surface area contributed by atoms with E-state index >= 15 is 0 Å². The normalized spacial score (nSPS) is 16.0. The van der Waals surface area contributed by atoms with Crippen molar-refractivity contribution in [3.8, 4) is 0 Å². The van der Waals surface area contributed by atoms with Gasteiger partial charge in [-0.05, 0) is 37.5 Å². The fourth-order valence-electron chi connectivity index (χ4n) is 3.88. The van der Waals surface area contributed by atoms with Crippen molar-refractivity contribution in [1.29, 1.82) is 0 Å². The molecule has 184 valence electrons. The Balaban J connectivity index is 2.44. The smallest absolute Gasteiger partial charge is 0.465 e. The lowest BCUT2D eigenvalue weighted by atomic mass is 9.91. The van der Waals surface area contributed by atoms with E-state index in [0.717, 1.165) is 43.5 Å². The van der Waals surface area contributed by atoms with Crippen LogP contribution in [0.4, 0.5) is 13.2 Å². The summed E-state index contributed by atoms with van der Waals surface area (Å²) in [5.41, 5.74) is -5.35. The molecule has 1 aromatic rings. The predicted octanol–water partition coefficient (Wildman–Crippen LogP) is 2.88. The van der Waals surface area contributed by atoms with Crippen molar-refractivity contribution >= 4 is 27.6 Å². The highest BCUT2D eigenvalue weighted by molar-refractivity contribution is 7.92. The van der Waals surface area contributed by atoms with Gasteiger partial charge < -0.3 is 15.0 Å². The number of hydrogen-bond donors (Lipinski definition) is 1. The number of carbonyl (C=O) groups is 3. The largest absolute Gasteiger partial charge is 0.501 e. The SMILES string of the molecule is CCOC(=O)CNC(=O)C(c1ccc(S(=O)(=O)C(F)(F)F)cc1)N(C(C)=O)C1CCCCC1. The fourth-order valence-corrected chi connectivity index (χ4v) is 4.64. The Bertz CT molecular complexity index is 957. The second-order valence-electron chi connectivity index (χ2n) is 7.66. The summed E-state index contributed by atoms with van der Waals surface area (Å²) in [5, 5.41) is 2.40. The van der Waals surface area contributed by atoms with Gasteiger partial charge in [0.05, 0.1) is 11.5 Å². The van der Waals surface area contributed by atoms with E-state index in [1.54, 1.807) is 6.92 Å². The van der Waals surface area contributed by atoms with Crippen LogP contribution in [-0.4, -0.2) is 55.8 Å². The summed E-state index contributed by atoms with van der Waals surface area (Å²) in [6, 6.07) is 2.11. The average Bonchev–Trinajstić information content (AvgIpc) is 2.75. The minimum absolute atomic E-state index is 0.106. The maximum Gasteiger partial charge on any atom is 0.501 e. The number of rotatable bonds is 8. The Morgan fingerprint density at radius 3 is 2.18 bits per heavy atom. The van der Waals surface area contributed by atoms with Crippen molar-refractivity contribution in [2.45, 2.75) is 68.4 Å². The molecule has 1 aromatic carbocycles. The molecule has 2 rings (SSSR count). The molecule has 1 saturated carbocycles. The molecular formula is C21H27F3N2O6S. The lowest BCUT2D eigenvalue weighted by molar-refractivity contribution is -0.146. The molecule has 1 unspecified atom stereocenters. The summed E-state index contributed by atoms with van der Waals surface area (Å²) in [6.45, 7) is 2.53. The highest BCUT2D eigenvalue weighted by atomic mass is 32.2. The standard InChI is InChI=1S/C21H27F3N2O6S/c1-3-32-18(28)13-25-20(29)19(26(14(2)27)16-7-5-4-6-8-16)15-9-11-17(12-10-15)33(30,31)21(22,23)24/h9-12,16,19H,3-8,13H2,1-2H3,(H,25,29). The number of nitrogens with one attached hydrogen (secondary N) is 1. The number of ether oxygens (including phenoxy) is 1. The van der Waals surface area contributed by atoms with E-state index < -0.39 is 50.6 Å². The summed E-state index contributed by atoms with van der Waals surface area (Å²) in [7, 11) is -5.57. The van der Waals surface area contributed by atoms with Crippen molar-refractivity contribution in [2.75, 3.05) is 13.2 Å². The highest BCUT2D eigenvalue weighted by Crippen LogP contribution is 2.34. The van der Waals surface area contributed by atoms with Crippen LogP contribution in [0.5, 0.6) is 0 Å².